The van der Waals surface area contributed by atoms with Crippen LogP contribution in [0.2, 0.25) is 0 Å². The molecule has 1 saturated heterocycles. The van der Waals surface area contributed by atoms with Gasteiger partial charge in [-0.15, -0.1) is 0 Å². The Morgan fingerprint density at radius 1 is 0.889 bits per heavy atom. The lowest BCUT2D eigenvalue weighted by atomic mass is 10.1. The molecule has 1 aliphatic rings. The number of para-hydroxylation sites is 3. The molecule has 0 bridgehead atoms. The van der Waals surface area contributed by atoms with Crippen LogP contribution < -0.4 is 10.2 Å². The Morgan fingerprint density at radius 2 is 1.61 bits per heavy atom. The Bertz CT molecular complexity index is 1300. The van der Waals surface area contributed by atoms with Crippen LogP contribution in [0.3, 0.4) is 0 Å². The van der Waals surface area contributed by atoms with E-state index in [2.05, 4.69) is 32.3 Å². The zero-order valence-electron chi connectivity index (χ0n) is 20.0. The average molecular weight is 500 g/mol. The summed E-state index contributed by atoms with van der Waals surface area (Å²) >= 11 is 1.57. The van der Waals surface area contributed by atoms with Crippen molar-refractivity contribution in [2.75, 3.05) is 37.6 Å². The number of nitrogens with zero attached hydrogens (tertiary/aromatic N) is 3. The summed E-state index contributed by atoms with van der Waals surface area (Å²) in [4.78, 5) is 37.7. The fourth-order valence-electron chi connectivity index (χ4n) is 4.40. The van der Waals surface area contributed by atoms with Crippen LogP contribution in [0.5, 0.6) is 0 Å². The van der Waals surface area contributed by atoms with Crippen molar-refractivity contribution in [3.63, 3.8) is 0 Å². The van der Waals surface area contributed by atoms with Gasteiger partial charge in [0, 0.05) is 56.1 Å². The minimum absolute atomic E-state index is 0.0803. The third kappa shape index (κ3) is 5.71. The van der Waals surface area contributed by atoms with Crippen LogP contribution in [-0.4, -0.2) is 59.4 Å². The molecule has 2 heterocycles. The summed E-state index contributed by atoms with van der Waals surface area (Å²) in [7, 11) is 0. The molecule has 3 aromatic carbocycles. The Hall–Kier alpha value is -3.78. The predicted octanol–water partition coefficient (Wildman–Crippen LogP) is 4.32. The number of benzene rings is 3. The van der Waals surface area contributed by atoms with Gasteiger partial charge in [0.25, 0.3) is 5.91 Å². The number of thioether (sulfide) groups is 1. The van der Waals surface area contributed by atoms with Gasteiger partial charge < -0.3 is 20.1 Å². The molecule has 0 aliphatic carbocycles. The number of fused-ring (bicyclic) bond motifs is 1. The van der Waals surface area contributed by atoms with Gasteiger partial charge in [-0.25, -0.2) is 4.98 Å². The molecule has 7 nitrogen and oxygen atoms in total. The van der Waals surface area contributed by atoms with Crippen molar-refractivity contribution in [3.8, 4) is 0 Å². The summed E-state index contributed by atoms with van der Waals surface area (Å²) in [5, 5.41) is 3.76. The second-order valence-electron chi connectivity index (χ2n) is 8.71. The first-order valence-electron chi connectivity index (χ1n) is 12.2. The predicted molar refractivity (Wildman–Crippen MR) is 144 cm³/mol. The number of H-pyrrole nitrogens is 1. The highest BCUT2D eigenvalue weighted by Crippen LogP contribution is 2.24. The molecular formula is C28H29N5O2S. The number of anilines is 1. The monoisotopic (exact) mass is 499 g/mol. The minimum Gasteiger partial charge on any atom is -0.368 e. The Kier molecular flexibility index (Phi) is 7.52. The molecule has 1 fully saturated rings. The van der Waals surface area contributed by atoms with Gasteiger partial charge in [-0.3, -0.25) is 9.59 Å². The summed E-state index contributed by atoms with van der Waals surface area (Å²) in [6.45, 7) is 3.35. The van der Waals surface area contributed by atoms with Crippen molar-refractivity contribution in [1.82, 2.24) is 20.2 Å². The summed E-state index contributed by atoms with van der Waals surface area (Å²) in [6, 6.07) is 25.8. The zero-order chi connectivity index (χ0) is 24.7. The van der Waals surface area contributed by atoms with Gasteiger partial charge >= 0.3 is 0 Å². The highest BCUT2D eigenvalue weighted by Gasteiger charge is 2.21. The van der Waals surface area contributed by atoms with Crippen LogP contribution in [0.25, 0.3) is 11.0 Å². The number of imidazole rings is 1. The quantitative estimate of drug-likeness (QED) is 0.353. The zero-order valence-corrected chi connectivity index (χ0v) is 20.8. The number of amides is 2. The highest BCUT2D eigenvalue weighted by molar-refractivity contribution is 7.98. The number of aromatic nitrogens is 2. The Balaban J connectivity index is 1.10. The van der Waals surface area contributed by atoms with E-state index in [1.165, 1.54) is 5.69 Å². The number of hydrogen-bond acceptors (Lipinski definition) is 5. The lowest BCUT2D eigenvalue weighted by Gasteiger charge is -2.36. The molecule has 0 atom stereocenters. The van der Waals surface area contributed by atoms with Crippen molar-refractivity contribution in [1.29, 1.82) is 0 Å². The lowest BCUT2D eigenvalue weighted by molar-refractivity contribution is -0.131. The first kappa shape index (κ1) is 23.9. The molecule has 8 heteroatoms. The van der Waals surface area contributed by atoms with Crippen LogP contribution in [0.4, 0.5) is 5.69 Å². The largest absolute Gasteiger partial charge is 0.368 e. The smallest absolute Gasteiger partial charge is 0.251 e. The fourth-order valence-corrected chi connectivity index (χ4v) is 5.29. The lowest BCUT2D eigenvalue weighted by Crippen LogP contribution is -2.49. The topological polar surface area (TPSA) is 81.3 Å². The number of nitrogens with one attached hydrogen (secondary N) is 2. The van der Waals surface area contributed by atoms with Crippen molar-refractivity contribution >= 4 is 40.3 Å². The number of aromatic amines is 1. The SMILES string of the molecule is O=C(NCCC(=O)N1CCN(c2ccccc2)CC1)c1ccccc1CSc1nc2ccccc2[nH]1. The maximum absolute atomic E-state index is 12.9. The molecule has 5 rings (SSSR count). The minimum atomic E-state index is -0.155. The van der Waals surface area contributed by atoms with E-state index in [0.717, 1.165) is 34.8 Å². The molecule has 1 aliphatic heterocycles. The van der Waals surface area contributed by atoms with Gasteiger partial charge in [0.2, 0.25) is 5.91 Å². The number of carbonyl (C=O) groups excluding carboxylic acids is 2. The first-order valence-corrected chi connectivity index (χ1v) is 13.2. The average Bonchev–Trinajstić information content (AvgIpc) is 3.36. The number of rotatable bonds is 8. The van der Waals surface area contributed by atoms with Crippen molar-refractivity contribution in [2.24, 2.45) is 0 Å². The molecule has 2 N–H and O–H groups in total. The molecule has 36 heavy (non-hydrogen) atoms. The summed E-state index contributed by atoms with van der Waals surface area (Å²) in [5.41, 5.74) is 4.68. The van der Waals surface area contributed by atoms with Gasteiger partial charge in [0.1, 0.15) is 0 Å². The third-order valence-electron chi connectivity index (χ3n) is 6.37. The van der Waals surface area contributed by atoms with Gasteiger partial charge in [0.15, 0.2) is 5.16 Å². The van der Waals surface area contributed by atoms with Crippen molar-refractivity contribution < 1.29 is 9.59 Å². The van der Waals surface area contributed by atoms with Crippen LogP contribution >= 0.6 is 11.8 Å². The molecule has 184 valence electrons. The van der Waals surface area contributed by atoms with E-state index in [4.69, 9.17) is 0 Å². The standard InChI is InChI=1S/C28H29N5O2S/c34-26(33-18-16-32(17-19-33)22-9-2-1-3-10-22)14-15-29-27(35)23-11-5-4-8-21(23)20-36-28-30-24-12-6-7-13-25(24)31-28/h1-13H,14-20H2,(H,29,35)(H,30,31). The second kappa shape index (κ2) is 11.3. The van der Waals surface area contributed by atoms with E-state index < -0.39 is 0 Å². The summed E-state index contributed by atoms with van der Waals surface area (Å²) < 4.78 is 0. The van der Waals surface area contributed by atoms with Crippen LogP contribution in [0.15, 0.2) is 84.0 Å². The van der Waals surface area contributed by atoms with E-state index in [9.17, 15) is 9.59 Å². The molecule has 0 radical (unpaired) electrons. The van der Waals surface area contributed by atoms with Gasteiger partial charge in [-0.2, -0.15) is 0 Å². The molecule has 0 unspecified atom stereocenters. The maximum atomic E-state index is 12.9. The maximum Gasteiger partial charge on any atom is 0.251 e. The summed E-state index contributed by atoms with van der Waals surface area (Å²) in [6.07, 6.45) is 0.299. The van der Waals surface area contributed by atoms with Crippen molar-refractivity contribution in [3.05, 3.63) is 90.0 Å². The van der Waals surface area contributed by atoms with Crippen LogP contribution in [0.1, 0.15) is 22.3 Å². The highest BCUT2D eigenvalue weighted by atomic mass is 32.2. The molecule has 1 aromatic heterocycles. The van der Waals surface area contributed by atoms with E-state index >= 15 is 0 Å². The molecule has 0 spiro atoms. The fraction of sp³-hybridized carbons (Fsp3) is 0.250. The van der Waals surface area contributed by atoms with Gasteiger partial charge in [-0.05, 0) is 35.9 Å². The van der Waals surface area contributed by atoms with Gasteiger partial charge in [-0.1, -0.05) is 60.3 Å². The number of hydrogen-bond donors (Lipinski definition) is 2. The first-order chi connectivity index (χ1) is 17.7. The normalized spacial score (nSPS) is 13.7. The van der Waals surface area contributed by atoms with E-state index in [1.54, 1.807) is 11.8 Å². The number of carbonyl (C=O) groups is 2. The summed E-state index contributed by atoms with van der Waals surface area (Å²) in [5.74, 6) is 0.544. The third-order valence-corrected chi connectivity index (χ3v) is 7.29. The number of piperazine rings is 1. The van der Waals surface area contributed by atoms with Crippen molar-refractivity contribution in [2.45, 2.75) is 17.3 Å². The Labute approximate surface area is 214 Å². The van der Waals surface area contributed by atoms with Crippen LogP contribution in [0, 0.1) is 0 Å². The second-order valence-corrected chi connectivity index (χ2v) is 9.68. The molecular weight excluding hydrogens is 470 g/mol. The molecule has 0 saturated carbocycles. The molecule has 4 aromatic rings. The van der Waals surface area contributed by atoms with E-state index in [-0.39, 0.29) is 11.8 Å². The van der Waals surface area contributed by atoms with E-state index in [0.29, 0.717) is 37.4 Å². The Morgan fingerprint density at radius 3 is 2.42 bits per heavy atom. The van der Waals surface area contributed by atoms with E-state index in [1.807, 2.05) is 71.6 Å². The van der Waals surface area contributed by atoms with Gasteiger partial charge in [0.05, 0.1) is 11.0 Å². The van der Waals surface area contributed by atoms with Crippen LogP contribution in [-0.2, 0) is 10.5 Å². The molecule has 2 amide bonds.